The van der Waals surface area contributed by atoms with Crippen molar-refractivity contribution in [2.24, 2.45) is 0 Å². The highest BCUT2D eigenvalue weighted by atomic mass is 16.3. The number of aromatic nitrogens is 4. The van der Waals surface area contributed by atoms with E-state index >= 15 is 0 Å². The van der Waals surface area contributed by atoms with Crippen LogP contribution in [0.5, 0.6) is 0 Å². The molecule has 12 aromatic rings. The van der Waals surface area contributed by atoms with Crippen LogP contribution in [0.2, 0.25) is 0 Å². The minimum atomic E-state index is 0.574. The second-order valence-corrected chi connectivity index (χ2v) is 14.3. The monoisotopic (exact) mass is 730 g/mol. The molecule has 0 radical (unpaired) electrons. The molecule has 0 spiro atoms. The van der Waals surface area contributed by atoms with Crippen molar-refractivity contribution < 1.29 is 8.83 Å². The normalized spacial score (nSPS) is 11.9. The largest absolute Gasteiger partial charge is 0.456 e. The highest BCUT2D eigenvalue weighted by Gasteiger charge is 2.22. The molecule has 0 amide bonds. The van der Waals surface area contributed by atoms with Crippen LogP contribution in [0.1, 0.15) is 0 Å². The third-order valence-electron chi connectivity index (χ3n) is 11.1. The molecule has 0 aliphatic heterocycles. The molecule has 8 aromatic carbocycles. The Morgan fingerprint density at radius 1 is 0.351 bits per heavy atom. The van der Waals surface area contributed by atoms with Crippen LogP contribution in [0.4, 0.5) is 0 Å². The zero-order valence-corrected chi connectivity index (χ0v) is 30.4. The summed E-state index contributed by atoms with van der Waals surface area (Å²) in [6.45, 7) is 0. The molecule has 0 atom stereocenters. The van der Waals surface area contributed by atoms with Crippen molar-refractivity contribution in [3.63, 3.8) is 0 Å². The molecule has 12 rings (SSSR count). The first-order valence-electron chi connectivity index (χ1n) is 19.0. The van der Waals surface area contributed by atoms with Crippen molar-refractivity contribution in [1.82, 2.24) is 19.5 Å². The van der Waals surface area contributed by atoms with Gasteiger partial charge in [0.1, 0.15) is 22.3 Å². The molecular formula is C51H30N4O2. The summed E-state index contributed by atoms with van der Waals surface area (Å²) in [5, 5.41) is 6.49. The van der Waals surface area contributed by atoms with E-state index in [1.54, 1.807) is 0 Å². The summed E-state index contributed by atoms with van der Waals surface area (Å²) < 4.78 is 15.7. The maximum Gasteiger partial charge on any atom is 0.164 e. The van der Waals surface area contributed by atoms with Crippen molar-refractivity contribution in [1.29, 1.82) is 0 Å². The predicted octanol–water partition coefficient (Wildman–Crippen LogP) is 13.4. The van der Waals surface area contributed by atoms with Gasteiger partial charge < -0.3 is 13.4 Å². The fraction of sp³-hybridized carbons (Fsp3) is 0. The molecule has 6 heteroatoms. The average Bonchev–Trinajstić information content (AvgIpc) is 3.96. The topological polar surface area (TPSA) is 69.9 Å². The van der Waals surface area contributed by atoms with Gasteiger partial charge in [-0.25, -0.2) is 15.0 Å². The zero-order chi connectivity index (χ0) is 37.5. The lowest BCUT2D eigenvalue weighted by atomic mass is 9.95. The molecule has 4 aromatic heterocycles. The van der Waals surface area contributed by atoms with Gasteiger partial charge in [0.15, 0.2) is 17.5 Å². The molecule has 57 heavy (non-hydrogen) atoms. The van der Waals surface area contributed by atoms with Gasteiger partial charge in [0.25, 0.3) is 0 Å². The van der Waals surface area contributed by atoms with Crippen LogP contribution in [-0.4, -0.2) is 19.5 Å². The maximum atomic E-state index is 6.79. The number of hydrogen-bond donors (Lipinski definition) is 0. The number of para-hydroxylation sites is 3. The Morgan fingerprint density at radius 3 is 1.54 bits per heavy atom. The van der Waals surface area contributed by atoms with Gasteiger partial charge >= 0.3 is 0 Å². The Bertz CT molecular complexity index is 3410. The van der Waals surface area contributed by atoms with Gasteiger partial charge in [-0.3, -0.25) is 0 Å². The molecule has 0 fully saturated rings. The fourth-order valence-electron chi connectivity index (χ4n) is 8.54. The van der Waals surface area contributed by atoms with Crippen LogP contribution in [0, 0.1) is 0 Å². The van der Waals surface area contributed by atoms with Gasteiger partial charge in [-0.05, 0) is 48.0 Å². The molecule has 0 aliphatic rings. The second kappa shape index (κ2) is 12.3. The highest BCUT2D eigenvalue weighted by molar-refractivity contribution is 6.20. The third kappa shape index (κ3) is 4.87. The van der Waals surface area contributed by atoms with Crippen molar-refractivity contribution in [2.45, 2.75) is 0 Å². The van der Waals surface area contributed by atoms with E-state index in [9.17, 15) is 0 Å². The summed E-state index contributed by atoms with van der Waals surface area (Å²) >= 11 is 0. The quantitative estimate of drug-likeness (QED) is 0.176. The van der Waals surface area contributed by atoms with E-state index < -0.39 is 0 Å². The lowest BCUT2D eigenvalue weighted by Gasteiger charge is -2.10. The summed E-state index contributed by atoms with van der Waals surface area (Å²) in [6, 6.07) is 62.5. The number of fused-ring (bicyclic) bond motifs is 9. The fourth-order valence-corrected chi connectivity index (χ4v) is 8.54. The molecule has 4 heterocycles. The Labute approximate surface area is 325 Å². The van der Waals surface area contributed by atoms with Gasteiger partial charge in [0.05, 0.1) is 11.0 Å². The highest BCUT2D eigenvalue weighted by Crippen LogP contribution is 2.45. The lowest BCUT2D eigenvalue weighted by molar-refractivity contribution is 0.668. The molecule has 6 nitrogen and oxygen atoms in total. The van der Waals surface area contributed by atoms with Crippen LogP contribution in [0.15, 0.2) is 191 Å². The maximum absolute atomic E-state index is 6.79. The summed E-state index contributed by atoms with van der Waals surface area (Å²) in [5.41, 5.74) is 11.3. The minimum Gasteiger partial charge on any atom is -0.456 e. The van der Waals surface area contributed by atoms with Crippen molar-refractivity contribution in [3.05, 3.63) is 182 Å². The number of benzene rings is 8. The Hall–Kier alpha value is -7.83. The van der Waals surface area contributed by atoms with Gasteiger partial charge in [-0.15, -0.1) is 0 Å². The number of nitrogens with zero attached hydrogens (tertiary/aromatic N) is 4. The van der Waals surface area contributed by atoms with E-state index in [-0.39, 0.29) is 0 Å². The summed E-state index contributed by atoms with van der Waals surface area (Å²) in [7, 11) is 0. The van der Waals surface area contributed by atoms with Gasteiger partial charge in [-0.1, -0.05) is 140 Å². The van der Waals surface area contributed by atoms with E-state index in [1.807, 2.05) is 84.9 Å². The van der Waals surface area contributed by atoms with Crippen LogP contribution in [0.3, 0.4) is 0 Å². The third-order valence-corrected chi connectivity index (χ3v) is 11.1. The molecule has 0 unspecified atom stereocenters. The molecule has 0 bridgehead atoms. The molecular weight excluding hydrogens is 701 g/mol. The van der Waals surface area contributed by atoms with Gasteiger partial charge in [-0.2, -0.15) is 0 Å². The van der Waals surface area contributed by atoms with E-state index in [4.69, 9.17) is 23.8 Å². The average molecular weight is 731 g/mol. The van der Waals surface area contributed by atoms with E-state index in [1.165, 1.54) is 21.8 Å². The van der Waals surface area contributed by atoms with Crippen molar-refractivity contribution in [3.8, 4) is 51.0 Å². The first-order valence-corrected chi connectivity index (χ1v) is 19.0. The number of rotatable bonds is 5. The number of hydrogen-bond acceptors (Lipinski definition) is 5. The Balaban J connectivity index is 1.08. The first kappa shape index (κ1) is 31.5. The van der Waals surface area contributed by atoms with Crippen molar-refractivity contribution >= 4 is 65.7 Å². The summed E-state index contributed by atoms with van der Waals surface area (Å²) in [6.07, 6.45) is 0. The van der Waals surface area contributed by atoms with Gasteiger partial charge in [0, 0.05) is 60.3 Å². The van der Waals surface area contributed by atoms with Crippen molar-refractivity contribution in [2.75, 3.05) is 0 Å². The smallest absolute Gasteiger partial charge is 0.164 e. The molecule has 0 N–H and O–H groups in total. The molecule has 266 valence electrons. The first-order chi connectivity index (χ1) is 28.3. The molecule has 0 aliphatic carbocycles. The summed E-state index contributed by atoms with van der Waals surface area (Å²) in [5.74, 6) is 1.79. The Kier molecular flexibility index (Phi) is 6.83. The molecule has 0 saturated heterocycles. The number of furan rings is 2. The van der Waals surface area contributed by atoms with Crippen LogP contribution < -0.4 is 0 Å². The van der Waals surface area contributed by atoms with Crippen LogP contribution >= 0.6 is 0 Å². The molecule has 0 saturated carbocycles. The van der Waals surface area contributed by atoms with Crippen LogP contribution in [0.25, 0.3) is 117 Å². The second-order valence-electron chi connectivity index (χ2n) is 14.3. The van der Waals surface area contributed by atoms with Gasteiger partial charge in [0.2, 0.25) is 0 Å². The van der Waals surface area contributed by atoms with Crippen LogP contribution in [-0.2, 0) is 0 Å². The van der Waals surface area contributed by atoms with E-state index in [0.717, 1.165) is 77.4 Å². The predicted molar refractivity (Wildman–Crippen MR) is 230 cm³/mol. The van der Waals surface area contributed by atoms with E-state index in [2.05, 4.69) is 102 Å². The minimum absolute atomic E-state index is 0.574. The van der Waals surface area contributed by atoms with E-state index in [0.29, 0.717) is 17.5 Å². The lowest BCUT2D eigenvalue weighted by Crippen LogP contribution is -2.00. The SMILES string of the molecule is c1ccc(-c2nc(-c3ccccc3)nc(-c3cccc4oc5cccc(-c6cccc7c6oc6ccc(-n8c9ccccc9c9ccccc98)cc67)c5c34)n2)cc1. The Morgan fingerprint density at radius 2 is 0.877 bits per heavy atom. The summed E-state index contributed by atoms with van der Waals surface area (Å²) in [4.78, 5) is 15.1. The zero-order valence-electron chi connectivity index (χ0n) is 30.4. The standard InChI is InChI=1S/C51H30N4O2/c1-3-14-31(15-4-1)49-52-50(32-16-5-2-6-17-32)54-51(53-49)39-23-13-27-45-47(39)46-36(20-12-26-44(46)56-45)37-21-11-22-38-40-30-33(28-29-43(40)57-48(37)38)55-41-24-9-7-18-34(41)35-19-8-10-25-42(35)55/h1-30H.